The highest BCUT2D eigenvalue weighted by Crippen LogP contribution is 1.94. The molecule has 0 bridgehead atoms. The van der Waals surface area contributed by atoms with Crippen molar-refractivity contribution < 1.29 is 18.1 Å². The molecule has 0 aromatic rings. The molecule has 0 atom stereocenters. The van der Waals surface area contributed by atoms with E-state index in [1.54, 1.807) is 0 Å². The summed E-state index contributed by atoms with van der Waals surface area (Å²) in [7, 11) is -3.82. The fourth-order valence-electron chi connectivity index (χ4n) is 0.458. The predicted octanol–water partition coefficient (Wildman–Crippen LogP) is 0.726. The first kappa shape index (κ1) is 9.45. The molecule has 10 heavy (non-hydrogen) atoms. The van der Waals surface area contributed by atoms with Crippen LogP contribution in [-0.2, 0) is 10.1 Å². The van der Waals surface area contributed by atoms with E-state index in [1.807, 2.05) is 0 Å². The van der Waals surface area contributed by atoms with Crippen LogP contribution in [0.25, 0.3) is 0 Å². The van der Waals surface area contributed by atoms with Gasteiger partial charge in [0.25, 0.3) is 10.1 Å². The molecule has 0 saturated carbocycles. The lowest BCUT2D eigenvalue weighted by molar-refractivity contribution is 0.468. The molecule has 0 spiro atoms. The van der Waals surface area contributed by atoms with Gasteiger partial charge in [0.05, 0.1) is 12.0 Å². The van der Waals surface area contributed by atoms with Gasteiger partial charge in [-0.25, -0.2) is 0 Å². The quantitative estimate of drug-likeness (QED) is 0.366. The normalized spacial score (nSPS) is 12.5. The Morgan fingerprint density at radius 1 is 1.40 bits per heavy atom. The number of aliphatic hydroxyl groups is 1. The first-order valence-electron chi connectivity index (χ1n) is 2.80. The highest BCUT2D eigenvalue weighted by atomic mass is 32.2. The third-order valence-corrected chi connectivity index (χ3v) is 1.68. The SMILES string of the molecule is O=S(=O)(O)CCCC=CO. The van der Waals surface area contributed by atoms with Crippen molar-refractivity contribution in [1.82, 2.24) is 0 Å². The molecule has 5 heteroatoms. The van der Waals surface area contributed by atoms with Crippen molar-refractivity contribution in [1.29, 1.82) is 0 Å². The zero-order chi connectivity index (χ0) is 8.04. The Bertz CT molecular complexity index is 192. The Hall–Kier alpha value is -0.550. The Kier molecular flexibility index (Phi) is 4.06. The van der Waals surface area contributed by atoms with Crippen LogP contribution in [0.4, 0.5) is 0 Å². The van der Waals surface area contributed by atoms with Crippen molar-refractivity contribution in [3.8, 4) is 0 Å². The van der Waals surface area contributed by atoms with Gasteiger partial charge in [-0.3, -0.25) is 4.55 Å². The second-order valence-electron chi connectivity index (χ2n) is 1.81. The van der Waals surface area contributed by atoms with Crippen molar-refractivity contribution >= 4 is 10.1 Å². The second kappa shape index (κ2) is 4.29. The molecule has 0 fully saturated rings. The highest BCUT2D eigenvalue weighted by Gasteiger charge is 2.01. The Morgan fingerprint density at radius 2 is 2.00 bits per heavy atom. The lowest BCUT2D eigenvalue weighted by Crippen LogP contribution is -2.02. The van der Waals surface area contributed by atoms with E-state index in [9.17, 15) is 8.42 Å². The maximum Gasteiger partial charge on any atom is 0.264 e. The lowest BCUT2D eigenvalue weighted by atomic mass is 10.3. The molecule has 0 heterocycles. The van der Waals surface area contributed by atoms with Crippen LogP contribution in [0.15, 0.2) is 12.3 Å². The van der Waals surface area contributed by atoms with E-state index >= 15 is 0 Å². The Morgan fingerprint density at radius 3 is 2.40 bits per heavy atom. The molecule has 0 rings (SSSR count). The van der Waals surface area contributed by atoms with Gasteiger partial charge in [-0.1, -0.05) is 6.08 Å². The molecule has 0 aliphatic rings. The van der Waals surface area contributed by atoms with Crippen LogP contribution in [0.2, 0.25) is 0 Å². The van der Waals surface area contributed by atoms with Gasteiger partial charge >= 0.3 is 0 Å². The second-order valence-corrected chi connectivity index (χ2v) is 3.39. The number of rotatable bonds is 4. The number of aliphatic hydroxyl groups excluding tert-OH is 1. The standard InChI is InChI=1S/C5H10O4S/c6-4-2-1-3-5-10(7,8)9/h2,4,6H,1,3,5H2,(H,7,8,9). The zero-order valence-corrected chi connectivity index (χ0v) is 6.21. The van der Waals surface area contributed by atoms with Crippen LogP contribution in [0.5, 0.6) is 0 Å². The number of hydrogen-bond acceptors (Lipinski definition) is 3. The number of allylic oxidation sites excluding steroid dienone is 1. The summed E-state index contributed by atoms with van der Waals surface area (Å²) in [6.45, 7) is 0. The molecule has 0 aromatic carbocycles. The third kappa shape index (κ3) is 7.45. The van der Waals surface area contributed by atoms with Gasteiger partial charge in [0, 0.05) is 0 Å². The molecule has 4 nitrogen and oxygen atoms in total. The number of hydrogen-bond donors (Lipinski definition) is 2. The van der Waals surface area contributed by atoms with Gasteiger partial charge in [0.15, 0.2) is 0 Å². The lowest BCUT2D eigenvalue weighted by Gasteiger charge is -1.91. The molecule has 0 aliphatic carbocycles. The largest absolute Gasteiger partial charge is 0.516 e. The minimum absolute atomic E-state index is 0.253. The van der Waals surface area contributed by atoms with Gasteiger partial charge in [-0.05, 0) is 12.8 Å². The van der Waals surface area contributed by atoms with Crippen molar-refractivity contribution in [2.45, 2.75) is 12.8 Å². The smallest absolute Gasteiger partial charge is 0.264 e. The molecule has 0 aromatic heterocycles. The van der Waals surface area contributed by atoms with E-state index in [1.165, 1.54) is 6.08 Å². The van der Waals surface area contributed by atoms with Crippen molar-refractivity contribution in [3.05, 3.63) is 12.3 Å². The average Bonchev–Trinajstić information content (AvgIpc) is 1.78. The maximum atomic E-state index is 10.1. The van der Waals surface area contributed by atoms with E-state index in [0.29, 0.717) is 12.8 Å². The van der Waals surface area contributed by atoms with E-state index in [4.69, 9.17) is 9.66 Å². The topological polar surface area (TPSA) is 74.6 Å². The molecule has 2 N–H and O–H groups in total. The van der Waals surface area contributed by atoms with Crippen molar-refractivity contribution in [2.75, 3.05) is 5.75 Å². The third-order valence-electron chi connectivity index (χ3n) is 0.878. The summed E-state index contributed by atoms with van der Waals surface area (Å²) >= 11 is 0. The van der Waals surface area contributed by atoms with Crippen LogP contribution in [0.3, 0.4) is 0 Å². The summed E-state index contributed by atoms with van der Waals surface area (Å²) in [4.78, 5) is 0. The van der Waals surface area contributed by atoms with Crippen molar-refractivity contribution in [3.63, 3.8) is 0 Å². The van der Waals surface area contributed by atoms with Crippen LogP contribution in [0.1, 0.15) is 12.8 Å². The fourth-order valence-corrected chi connectivity index (χ4v) is 0.990. The van der Waals surface area contributed by atoms with Gasteiger partial charge in [0.1, 0.15) is 0 Å². The predicted molar refractivity (Wildman–Crippen MR) is 37.4 cm³/mol. The highest BCUT2D eigenvalue weighted by molar-refractivity contribution is 7.85. The molecular formula is C5H10O4S. The summed E-state index contributed by atoms with van der Waals surface area (Å²) in [6, 6.07) is 0. The minimum atomic E-state index is -3.82. The monoisotopic (exact) mass is 166 g/mol. The van der Waals surface area contributed by atoms with Gasteiger partial charge in [-0.15, -0.1) is 0 Å². The van der Waals surface area contributed by atoms with Gasteiger partial charge < -0.3 is 5.11 Å². The summed E-state index contributed by atoms with van der Waals surface area (Å²) in [5.41, 5.74) is 0. The molecule has 0 aliphatic heterocycles. The first-order chi connectivity index (χ1) is 4.56. The fraction of sp³-hybridized carbons (Fsp3) is 0.600. The number of unbranched alkanes of at least 4 members (excludes halogenated alkanes) is 1. The minimum Gasteiger partial charge on any atom is -0.516 e. The molecule has 60 valence electrons. The maximum absolute atomic E-state index is 10.1. The summed E-state index contributed by atoms with van der Waals surface area (Å²) < 4.78 is 28.3. The molecule has 0 amide bonds. The Labute approximate surface area is 59.9 Å². The van der Waals surface area contributed by atoms with E-state index in [-0.39, 0.29) is 5.75 Å². The van der Waals surface area contributed by atoms with Crippen LogP contribution in [-0.4, -0.2) is 23.8 Å². The molecule has 0 unspecified atom stereocenters. The van der Waals surface area contributed by atoms with Crippen LogP contribution in [0, 0.1) is 0 Å². The summed E-state index contributed by atoms with van der Waals surface area (Å²) in [5, 5.41) is 8.10. The molecule has 0 saturated heterocycles. The first-order valence-corrected chi connectivity index (χ1v) is 4.41. The van der Waals surface area contributed by atoms with E-state index in [0.717, 1.165) is 6.26 Å². The molecular weight excluding hydrogens is 156 g/mol. The van der Waals surface area contributed by atoms with Crippen LogP contribution >= 0.6 is 0 Å². The van der Waals surface area contributed by atoms with Crippen LogP contribution < -0.4 is 0 Å². The summed E-state index contributed by atoms with van der Waals surface area (Å²) in [6.07, 6.45) is 3.06. The van der Waals surface area contributed by atoms with E-state index < -0.39 is 10.1 Å². The van der Waals surface area contributed by atoms with Crippen molar-refractivity contribution in [2.24, 2.45) is 0 Å². The summed E-state index contributed by atoms with van der Waals surface area (Å²) in [5.74, 6) is -0.253. The van der Waals surface area contributed by atoms with Gasteiger partial charge in [-0.2, -0.15) is 8.42 Å². The average molecular weight is 166 g/mol. The van der Waals surface area contributed by atoms with E-state index in [2.05, 4.69) is 0 Å². The zero-order valence-electron chi connectivity index (χ0n) is 5.40. The Balaban J connectivity index is 3.39. The molecule has 0 radical (unpaired) electrons. The van der Waals surface area contributed by atoms with Gasteiger partial charge in [0.2, 0.25) is 0 Å².